The van der Waals surface area contributed by atoms with Gasteiger partial charge in [0.2, 0.25) is 0 Å². The van der Waals surface area contributed by atoms with Gasteiger partial charge in [0.1, 0.15) is 17.4 Å². The number of amides is 1. The van der Waals surface area contributed by atoms with Crippen molar-refractivity contribution in [1.82, 2.24) is 19.5 Å². The van der Waals surface area contributed by atoms with Crippen molar-refractivity contribution in [2.24, 2.45) is 0 Å². The van der Waals surface area contributed by atoms with Gasteiger partial charge in [-0.1, -0.05) is 0 Å². The first-order chi connectivity index (χ1) is 13.9. The van der Waals surface area contributed by atoms with E-state index < -0.39 is 0 Å². The average molecular weight is 401 g/mol. The fourth-order valence-electron chi connectivity index (χ4n) is 2.76. The molecule has 1 N–H and O–H groups in total. The first-order valence-electron chi connectivity index (χ1n) is 9.23. The number of carbonyl (C=O) groups excluding carboxylic acids is 1. The number of halogens is 1. The summed E-state index contributed by atoms with van der Waals surface area (Å²) in [6, 6.07) is 7.95. The van der Waals surface area contributed by atoms with Crippen LogP contribution in [0.4, 0.5) is 15.0 Å². The molecule has 1 amide bonds. The molecule has 0 aliphatic carbocycles. The molecular weight excluding hydrogens is 377 g/mol. The number of nitrogens with one attached hydrogen (secondary N) is 1. The molecule has 0 saturated heterocycles. The van der Waals surface area contributed by atoms with Crippen LogP contribution in [0.25, 0.3) is 16.9 Å². The molecule has 3 aromatic rings. The van der Waals surface area contributed by atoms with Crippen molar-refractivity contribution in [1.29, 1.82) is 0 Å². The van der Waals surface area contributed by atoms with E-state index in [1.807, 2.05) is 19.9 Å². The van der Waals surface area contributed by atoms with Crippen LogP contribution >= 0.6 is 0 Å². The van der Waals surface area contributed by atoms with E-state index in [4.69, 9.17) is 9.47 Å². The lowest BCUT2D eigenvalue weighted by Gasteiger charge is -2.19. The highest BCUT2D eigenvalue weighted by Gasteiger charge is 2.14. The van der Waals surface area contributed by atoms with Gasteiger partial charge in [-0.2, -0.15) is 0 Å². The summed E-state index contributed by atoms with van der Waals surface area (Å²) in [6.07, 6.45) is 1.13. The van der Waals surface area contributed by atoms with Crippen LogP contribution in [0, 0.1) is 5.82 Å². The number of methoxy groups -OCH3 is 1. The van der Waals surface area contributed by atoms with Gasteiger partial charge in [0.25, 0.3) is 0 Å². The van der Waals surface area contributed by atoms with Crippen molar-refractivity contribution >= 4 is 17.6 Å². The predicted molar refractivity (Wildman–Crippen MR) is 108 cm³/mol. The van der Waals surface area contributed by atoms with Crippen LogP contribution in [-0.2, 0) is 4.74 Å². The van der Waals surface area contributed by atoms with E-state index in [2.05, 4.69) is 15.4 Å². The van der Waals surface area contributed by atoms with Crippen molar-refractivity contribution in [2.75, 3.05) is 32.6 Å². The minimum Gasteiger partial charge on any atom is -0.496 e. The maximum absolute atomic E-state index is 13.5. The molecule has 0 fully saturated rings. The van der Waals surface area contributed by atoms with Gasteiger partial charge < -0.3 is 19.7 Å². The number of hydrogen-bond acceptors (Lipinski definition) is 6. The molecule has 0 radical (unpaired) electrons. The first kappa shape index (κ1) is 20.4. The molecule has 2 heterocycles. The van der Waals surface area contributed by atoms with Crippen LogP contribution in [0.5, 0.6) is 5.75 Å². The van der Waals surface area contributed by atoms with E-state index in [1.165, 1.54) is 24.1 Å². The summed E-state index contributed by atoms with van der Waals surface area (Å²) in [5.41, 5.74) is 2.01. The number of nitrogens with zero attached hydrogens (tertiary/aromatic N) is 4. The molecule has 154 valence electrons. The highest BCUT2D eigenvalue weighted by molar-refractivity contribution is 5.70. The Morgan fingerprint density at radius 2 is 2.10 bits per heavy atom. The molecule has 2 aromatic heterocycles. The lowest BCUT2D eigenvalue weighted by molar-refractivity contribution is 0.0851. The second-order valence-electron chi connectivity index (χ2n) is 6.76. The molecule has 0 saturated carbocycles. The van der Waals surface area contributed by atoms with Gasteiger partial charge in [-0.05, 0) is 38.1 Å². The van der Waals surface area contributed by atoms with Crippen molar-refractivity contribution in [3.8, 4) is 17.0 Å². The third kappa shape index (κ3) is 4.74. The summed E-state index contributed by atoms with van der Waals surface area (Å²) in [6.45, 7) is 4.56. The third-order valence-corrected chi connectivity index (χ3v) is 4.20. The Labute approximate surface area is 168 Å². The molecule has 0 bridgehead atoms. The Kier molecular flexibility index (Phi) is 6.16. The maximum atomic E-state index is 13.5. The van der Waals surface area contributed by atoms with Crippen molar-refractivity contribution in [2.45, 2.75) is 20.0 Å². The van der Waals surface area contributed by atoms with Crippen LogP contribution in [0.2, 0.25) is 0 Å². The van der Waals surface area contributed by atoms with Crippen LogP contribution in [0.3, 0.4) is 0 Å². The average Bonchev–Trinajstić information content (AvgIpc) is 3.10. The lowest BCUT2D eigenvalue weighted by Crippen LogP contribution is -2.33. The number of hydrogen-bond donors (Lipinski definition) is 1. The topological polar surface area (TPSA) is 81.0 Å². The largest absolute Gasteiger partial charge is 0.496 e. The SMILES string of the molecule is COc1cc(F)ccc1-c1cnc2ccc(NCCN(C)C(=O)OC(C)C)nn12. The molecule has 0 spiro atoms. The molecule has 0 aliphatic rings. The van der Waals surface area contributed by atoms with Gasteiger partial charge in [-0.3, -0.25) is 0 Å². The van der Waals surface area contributed by atoms with Crippen LogP contribution < -0.4 is 10.1 Å². The van der Waals surface area contributed by atoms with Crippen molar-refractivity contribution in [3.63, 3.8) is 0 Å². The highest BCUT2D eigenvalue weighted by Crippen LogP contribution is 2.30. The van der Waals surface area contributed by atoms with Gasteiger partial charge >= 0.3 is 6.09 Å². The zero-order valence-electron chi connectivity index (χ0n) is 16.8. The Morgan fingerprint density at radius 1 is 1.31 bits per heavy atom. The highest BCUT2D eigenvalue weighted by atomic mass is 19.1. The minimum absolute atomic E-state index is 0.162. The van der Waals surface area contributed by atoms with E-state index in [1.54, 1.807) is 29.9 Å². The zero-order chi connectivity index (χ0) is 21.0. The number of carbonyl (C=O) groups is 1. The predicted octanol–water partition coefficient (Wildman–Crippen LogP) is 3.43. The second-order valence-corrected chi connectivity index (χ2v) is 6.76. The van der Waals surface area contributed by atoms with E-state index >= 15 is 0 Å². The molecule has 0 atom stereocenters. The summed E-state index contributed by atoms with van der Waals surface area (Å²) >= 11 is 0. The van der Waals surface area contributed by atoms with Crippen LogP contribution in [0.1, 0.15) is 13.8 Å². The molecule has 9 heteroatoms. The molecule has 29 heavy (non-hydrogen) atoms. The van der Waals surface area contributed by atoms with Crippen molar-refractivity contribution in [3.05, 3.63) is 42.3 Å². The molecular formula is C20H24FN5O3. The number of ether oxygens (including phenoxy) is 2. The fraction of sp³-hybridized carbons (Fsp3) is 0.350. The number of fused-ring (bicyclic) bond motifs is 1. The molecule has 1 aromatic carbocycles. The Morgan fingerprint density at radius 3 is 2.83 bits per heavy atom. The number of imidazole rings is 1. The van der Waals surface area contributed by atoms with Gasteiger partial charge in [0.15, 0.2) is 5.65 Å². The smallest absolute Gasteiger partial charge is 0.409 e. The van der Waals surface area contributed by atoms with E-state index in [-0.39, 0.29) is 18.0 Å². The summed E-state index contributed by atoms with van der Waals surface area (Å²) in [4.78, 5) is 17.7. The van der Waals surface area contributed by atoms with E-state index in [9.17, 15) is 9.18 Å². The third-order valence-electron chi connectivity index (χ3n) is 4.20. The summed E-state index contributed by atoms with van der Waals surface area (Å²) < 4.78 is 25.6. The Balaban J connectivity index is 1.75. The quantitative estimate of drug-likeness (QED) is 0.653. The van der Waals surface area contributed by atoms with Gasteiger partial charge in [-0.15, -0.1) is 5.10 Å². The van der Waals surface area contributed by atoms with Gasteiger partial charge in [0.05, 0.1) is 25.1 Å². The van der Waals surface area contributed by atoms with E-state index in [0.717, 1.165) is 0 Å². The maximum Gasteiger partial charge on any atom is 0.409 e. The van der Waals surface area contributed by atoms with Crippen LogP contribution in [-0.4, -0.2) is 58.9 Å². The minimum atomic E-state index is -0.380. The standard InChI is InChI=1S/C20H24FN5O3/c1-13(2)29-20(27)25(3)10-9-22-18-7-8-19-23-12-16(26(19)24-18)15-6-5-14(21)11-17(15)28-4/h5-8,11-13H,9-10H2,1-4H3,(H,22,24). The second kappa shape index (κ2) is 8.76. The summed E-state index contributed by atoms with van der Waals surface area (Å²) in [5, 5.41) is 7.74. The number of anilines is 1. The number of benzene rings is 1. The summed E-state index contributed by atoms with van der Waals surface area (Å²) in [5.74, 6) is 0.635. The van der Waals surface area contributed by atoms with Gasteiger partial charge in [0, 0.05) is 31.8 Å². The van der Waals surface area contributed by atoms with Crippen molar-refractivity contribution < 1.29 is 18.7 Å². The summed E-state index contributed by atoms with van der Waals surface area (Å²) in [7, 11) is 3.17. The molecule has 0 unspecified atom stereocenters. The monoisotopic (exact) mass is 401 g/mol. The number of rotatable bonds is 7. The fourth-order valence-corrected chi connectivity index (χ4v) is 2.76. The Hall–Kier alpha value is -3.36. The first-order valence-corrected chi connectivity index (χ1v) is 9.23. The number of aromatic nitrogens is 3. The number of likely N-dealkylation sites (N-methyl/N-ethyl adjacent to an activating group) is 1. The molecule has 8 nitrogen and oxygen atoms in total. The zero-order valence-corrected chi connectivity index (χ0v) is 16.8. The normalized spacial score (nSPS) is 11.0. The lowest BCUT2D eigenvalue weighted by atomic mass is 10.1. The Bertz CT molecular complexity index is 1000. The van der Waals surface area contributed by atoms with Gasteiger partial charge in [-0.25, -0.2) is 18.7 Å². The molecule has 3 rings (SSSR count). The van der Waals surface area contributed by atoms with Crippen LogP contribution in [0.15, 0.2) is 36.5 Å². The molecule has 0 aliphatic heterocycles. The van der Waals surface area contributed by atoms with E-state index in [0.29, 0.717) is 41.6 Å².